The minimum absolute atomic E-state index is 0.305. The molecule has 1 aromatic carbocycles. The van der Waals surface area contributed by atoms with E-state index in [0.29, 0.717) is 11.4 Å². The first-order chi connectivity index (χ1) is 9.66. The summed E-state index contributed by atoms with van der Waals surface area (Å²) in [6.07, 6.45) is 2.01. The van der Waals surface area contributed by atoms with Crippen LogP contribution in [0.15, 0.2) is 23.0 Å². The Balaban J connectivity index is 2.15. The van der Waals surface area contributed by atoms with E-state index in [0.717, 1.165) is 37.0 Å². The average molecular weight is 275 g/mol. The second-order valence-corrected chi connectivity index (χ2v) is 5.18. The first-order valence-corrected chi connectivity index (χ1v) is 6.81. The van der Waals surface area contributed by atoms with E-state index in [4.69, 9.17) is 5.11 Å². The number of aliphatic carboxylic acids is 1. The molecule has 3 rings (SSSR count). The van der Waals surface area contributed by atoms with Crippen LogP contribution in [0.1, 0.15) is 24.3 Å². The third-order valence-corrected chi connectivity index (χ3v) is 3.90. The number of hydrogen-bond acceptors (Lipinski definition) is 3. The number of nitrogens with zero attached hydrogens (tertiary/aromatic N) is 1. The Kier molecular flexibility index (Phi) is 3.31. The van der Waals surface area contributed by atoms with Gasteiger partial charge < -0.3 is 15.4 Å². The number of carboxylic acids is 1. The molecule has 0 spiro atoms. The Labute approximate surface area is 115 Å². The predicted octanol–water partition coefficient (Wildman–Crippen LogP) is 0.881. The van der Waals surface area contributed by atoms with Gasteiger partial charge in [-0.3, -0.25) is 9.36 Å². The van der Waals surface area contributed by atoms with Crippen LogP contribution in [0.25, 0.3) is 11.0 Å². The van der Waals surface area contributed by atoms with Crippen LogP contribution in [0.2, 0.25) is 0 Å². The lowest BCUT2D eigenvalue weighted by Crippen LogP contribution is -2.27. The van der Waals surface area contributed by atoms with Crippen LogP contribution in [0.4, 0.5) is 0 Å². The zero-order valence-corrected chi connectivity index (χ0v) is 11.1. The summed E-state index contributed by atoms with van der Waals surface area (Å²) >= 11 is 0. The standard InChI is InChI=1S/C14H17N3O3/c18-12(19)8-17-13-10(9-4-6-15-7-5-9)2-1-3-11(13)16-14(17)20/h1-3,9,15H,4-8H2,(H,16,20)(H,18,19). The van der Waals surface area contributed by atoms with Crippen molar-refractivity contribution >= 4 is 17.0 Å². The molecule has 1 saturated heterocycles. The molecule has 0 radical (unpaired) electrons. The van der Waals surface area contributed by atoms with Crippen LogP contribution in [0.5, 0.6) is 0 Å². The zero-order chi connectivity index (χ0) is 14.1. The minimum Gasteiger partial charge on any atom is -0.480 e. The number of benzene rings is 1. The molecule has 3 N–H and O–H groups in total. The van der Waals surface area contributed by atoms with Crippen molar-refractivity contribution in [1.29, 1.82) is 0 Å². The summed E-state index contributed by atoms with van der Waals surface area (Å²) in [6, 6.07) is 5.74. The number of carboxylic acid groups (broad SMARTS) is 1. The first-order valence-electron chi connectivity index (χ1n) is 6.81. The third kappa shape index (κ3) is 2.22. The van der Waals surface area contributed by atoms with Crippen LogP contribution < -0.4 is 11.0 Å². The maximum absolute atomic E-state index is 11.9. The lowest BCUT2D eigenvalue weighted by molar-refractivity contribution is -0.137. The van der Waals surface area contributed by atoms with E-state index in [2.05, 4.69) is 10.3 Å². The number of rotatable bonds is 3. The number of aromatic amines is 1. The first kappa shape index (κ1) is 12.9. The molecule has 106 valence electrons. The highest BCUT2D eigenvalue weighted by molar-refractivity contribution is 5.81. The lowest BCUT2D eigenvalue weighted by Gasteiger charge is -2.23. The highest BCUT2D eigenvalue weighted by Gasteiger charge is 2.21. The number of imidazole rings is 1. The van der Waals surface area contributed by atoms with Gasteiger partial charge in [0.05, 0.1) is 11.0 Å². The molecule has 6 heteroatoms. The van der Waals surface area contributed by atoms with Gasteiger partial charge in [-0.1, -0.05) is 12.1 Å². The summed E-state index contributed by atoms with van der Waals surface area (Å²) in [5.74, 6) is -0.636. The maximum Gasteiger partial charge on any atom is 0.327 e. The van der Waals surface area contributed by atoms with Crippen LogP contribution >= 0.6 is 0 Å². The van der Waals surface area contributed by atoms with Gasteiger partial charge in [-0.25, -0.2) is 4.79 Å². The van der Waals surface area contributed by atoms with E-state index >= 15 is 0 Å². The number of hydrogen-bond donors (Lipinski definition) is 3. The van der Waals surface area contributed by atoms with Crippen molar-refractivity contribution < 1.29 is 9.90 Å². The van der Waals surface area contributed by atoms with Gasteiger partial charge >= 0.3 is 11.7 Å². The van der Waals surface area contributed by atoms with Gasteiger partial charge in [-0.05, 0) is 43.5 Å². The molecule has 0 atom stereocenters. The zero-order valence-electron chi connectivity index (χ0n) is 11.1. The SMILES string of the molecule is O=C(O)Cn1c(=O)[nH]c2cccc(C3CCNCC3)c21. The fourth-order valence-electron chi connectivity index (χ4n) is 3.00. The van der Waals surface area contributed by atoms with Gasteiger partial charge in [0.2, 0.25) is 0 Å². The lowest BCUT2D eigenvalue weighted by atomic mass is 9.89. The molecule has 20 heavy (non-hydrogen) atoms. The summed E-state index contributed by atoms with van der Waals surface area (Å²) in [5, 5.41) is 12.3. The molecular weight excluding hydrogens is 258 g/mol. The molecule has 0 aliphatic carbocycles. The van der Waals surface area contributed by atoms with Crippen molar-refractivity contribution in [2.75, 3.05) is 13.1 Å². The van der Waals surface area contributed by atoms with Crippen LogP contribution in [-0.2, 0) is 11.3 Å². The Bertz CT molecular complexity index is 695. The average Bonchev–Trinajstić information content (AvgIpc) is 2.75. The second kappa shape index (κ2) is 5.13. The molecule has 0 saturated carbocycles. The predicted molar refractivity (Wildman–Crippen MR) is 75.0 cm³/mol. The Hall–Kier alpha value is -2.08. The molecule has 0 amide bonds. The van der Waals surface area contributed by atoms with E-state index in [1.807, 2.05) is 18.2 Å². The fraction of sp³-hybridized carbons (Fsp3) is 0.429. The number of aromatic nitrogens is 2. The van der Waals surface area contributed by atoms with E-state index in [1.54, 1.807) is 0 Å². The van der Waals surface area contributed by atoms with Crippen molar-refractivity contribution in [3.8, 4) is 0 Å². The van der Waals surface area contributed by atoms with Crippen LogP contribution in [0, 0.1) is 0 Å². The monoisotopic (exact) mass is 275 g/mol. The number of nitrogens with one attached hydrogen (secondary N) is 2. The molecular formula is C14H17N3O3. The minimum atomic E-state index is -1.01. The molecule has 1 aliphatic heterocycles. The van der Waals surface area contributed by atoms with Gasteiger partial charge in [0.15, 0.2) is 0 Å². The summed E-state index contributed by atoms with van der Waals surface area (Å²) in [5.41, 5.74) is 2.17. The fourth-order valence-corrected chi connectivity index (χ4v) is 3.00. The Morgan fingerprint density at radius 3 is 2.80 bits per heavy atom. The van der Waals surface area contributed by atoms with E-state index in [9.17, 15) is 9.59 Å². The van der Waals surface area contributed by atoms with E-state index in [1.165, 1.54) is 4.57 Å². The molecule has 1 fully saturated rings. The number of piperidine rings is 1. The molecule has 0 bridgehead atoms. The van der Waals surface area contributed by atoms with Gasteiger partial charge in [0.1, 0.15) is 6.54 Å². The number of para-hydroxylation sites is 1. The number of fused-ring (bicyclic) bond motifs is 1. The van der Waals surface area contributed by atoms with Crippen molar-refractivity contribution in [3.63, 3.8) is 0 Å². The third-order valence-electron chi connectivity index (χ3n) is 3.90. The highest BCUT2D eigenvalue weighted by Crippen LogP contribution is 2.30. The Morgan fingerprint density at radius 2 is 2.10 bits per heavy atom. The van der Waals surface area contributed by atoms with E-state index in [-0.39, 0.29) is 12.2 Å². The second-order valence-electron chi connectivity index (χ2n) is 5.18. The molecule has 2 heterocycles. The summed E-state index contributed by atoms with van der Waals surface area (Å²) in [6.45, 7) is 1.60. The summed E-state index contributed by atoms with van der Waals surface area (Å²) < 4.78 is 1.33. The largest absolute Gasteiger partial charge is 0.480 e. The Morgan fingerprint density at radius 1 is 1.35 bits per heavy atom. The van der Waals surface area contributed by atoms with Gasteiger partial charge in [-0.15, -0.1) is 0 Å². The maximum atomic E-state index is 11.9. The topological polar surface area (TPSA) is 87.1 Å². The van der Waals surface area contributed by atoms with Gasteiger partial charge in [0, 0.05) is 0 Å². The van der Waals surface area contributed by atoms with Crippen LogP contribution in [0.3, 0.4) is 0 Å². The molecule has 0 unspecified atom stereocenters. The van der Waals surface area contributed by atoms with Crippen LogP contribution in [-0.4, -0.2) is 33.7 Å². The van der Waals surface area contributed by atoms with Crippen molar-refractivity contribution in [2.45, 2.75) is 25.3 Å². The number of carbonyl (C=O) groups is 1. The highest BCUT2D eigenvalue weighted by atomic mass is 16.4. The summed E-state index contributed by atoms with van der Waals surface area (Å²) in [7, 11) is 0. The smallest absolute Gasteiger partial charge is 0.327 e. The van der Waals surface area contributed by atoms with Crippen molar-refractivity contribution in [2.24, 2.45) is 0 Å². The van der Waals surface area contributed by atoms with Gasteiger partial charge in [0.25, 0.3) is 0 Å². The van der Waals surface area contributed by atoms with Crippen molar-refractivity contribution in [3.05, 3.63) is 34.2 Å². The number of H-pyrrole nitrogens is 1. The van der Waals surface area contributed by atoms with Gasteiger partial charge in [-0.2, -0.15) is 0 Å². The quantitative estimate of drug-likeness (QED) is 0.776. The van der Waals surface area contributed by atoms with Crippen molar-refractivity contribution in [1.82, 2.24) is 14.9 Å². The molecule has 2 aromatic rings. The summed E-state index contributed by atoms with van der Waals surface area (Å²) in [4.78, 5) is 25.6. The normalized spacial score (nSPS) is 16.6. The molecule has 1 aliphatic rings. The molecule has 6 nitrogen and oxygen atoms in total. The molecule has 1 aromatic heterocycles. The van der Waals surface area contributed by atoms with E-state index < -0.39 is 5.97 Å².